The molecule has 2 aliphatic carbocycles. The van der Waals surface area contributed by atoms with Gasteiger partial charge in [-0.05, 0) is 52.9 Å². The smallest absolute Gasteiger partial charge is 0.411 e. The molecule has 0 heterocycles. The number of amides is 1. The summed E-state index contributed by atoms with van der Waals surface area (Å²) in [5.74, 6) is -0.512. The van der Waals surface area contributed by atoms with Gasteiger partial charge in [-0.3, -0.25) is 4.90 Å². The fraction of sp³-hybridized carbons (Fsp3) is 0.875. The lowest BCUT2D eigenvalue weighted by atomic mass is 9.76. The molecule has 0 aromatic heterocycles. The number of nitrogens with zero attached hydrogens (tertiary/aromatic N) is 1. The third-order valence-electron chi connectivity index (χ3n) is 4.41. The van der Waals surface area contributed by atoms with Crippen LogP contribution in [0.4, 0.5) is 4.79 Å². The predicted octanol–water partition coefficient (Wildman–Crippen LogP) is 3.42. The molecule has 0 saturated heterocycles. The Balaban J connectivity index is 2.19. The molecule has 2 aliphatic rings. The maximum absolute atomic E-state index is 12.5. The normalized spacial score (nSPS) is 22.1. The van der Waals surface area contributed by atoms with Gasteiger partial charge in [-0.25, -0.2) is 9.59 Å². The highest BCUT2D eigenvalue weighted by atomic mass is 16.6. The highest BCUT2D eigenvalue weighted by Gasteiger charge is 2.51. The fourth-order valence-electron chi connectivity index (χ4n) is 2.95. The number of hydrogen-bond donors (Lipinski definition) is 1. The average Bonchev–Trinajstić information content (AvgIpc) is 3.05. The van der Waals surface area contributed by atoms with Gasteiger partial charge >= 0.3 is 12.1 Å². The molecule has 21 heavy (non-hydrogen) atoms. The van der Waals surface area contributed by atoms with Crippen LogP contribution in [0.25, 0.3) is 0 Å². The number of ether oxygens (including phenoxy) is 1. The van der Waals surface area contributed by atoms with E-state index in [0.29, 0.717) is 12.3 Å². The van der Waals surface area contributed by atoms with Crippen LogP contribution < -0.4 is 0 Å². The van der Waals surface area contributed by atoms with Crippen molar-refractivity contribution in [3.05, 3.63) is 0 Å². The van der Waals surface area contributed by atoms with E-state index < -0.39 is 23.2 Å². The van der Waals surface area contributed by atoms with Crippen LogP contribution in [0, 0.1) is 5.92 Å². The number of carboxylic acid groups (broad SMARTS) is 1. The largest absolute Gasteiger partial charge is 0.480 e. The molecule has 2 fully saturated rings. The van der Waals surface area contributed by atoms with Gasteiger partial charge in [-0.15, -0.1) is 0 Å². The minimum absolute atomic E-state index is 0.0148. The van der Waals surface area contributed by atoms with Crippen LogP contribution in [0.2, 0.25) is 0 Å². The Hall–Kier alpha value is -1.26. The van der Waals surface area contributed by atoms with Gasteiger partial charge in [0.15, 0.2) is 0 Å². The van der Waals surface area contributed by atoms with Crippen molar-refractivity contribution >= 4 is 12.1 Å². The van der Waals surface area contributed by atoms with E-state index in [2.05, 4.69) is 0 Å². The number of aliphatic carboxylic acids is 1. The molecular formula is C16H27NO4. The van der Waals surface area contributed by atoms with E-state index in [4.69, 9.17) is 4.74 Å². The highest BCUT2D eigenvalue weighted by Crippen LogP contribution is 2.41. The van der Waals surface area contributed by atoms with E-state index in [1.54, 1.807) is 27.7 Å². The van der Waals surface area contributed by atoms with Crippen molar-refractivity contribution in [3.8, 4) is 0 Å². The molecule has 0 bridgehead atoms. The zero-order valence-electron chi connectivity index (χ0n) is 13.5. The van der Waals surface area contributed by atoms with Gasteiger partial charge in [-0.2, -0.15) is 0 Å². The molecule has 1 unspecified atom stereocenters. The first kappa shape index (κ1) is 16.1. The van der Waals surface area contributed by atoms with Crippen molar-refractivity contribution in [1.29, 1.82) is 0 Å². The molecule has 5 nitrogen and oxygen atoms in total. The van der Waals surface area contributed by atoms with E-state index in [-0.39, 0.29) is 6.04 Å². The van der Waals surface area contributed by atoms with Gasteiger partial charge < -0.3 is 9.84 Å². The molecule has 0 spiro atoms. The molecule has 1 atom stereocenters. The number of carbonyl (C=O) groups is 2. The van der Waals surface area contributed by atoms with E-state index in [1.165, 1.54) is 4.90 Å². The Bertz CT molecular complexity index is 420. The number of hydrogen-bond acceptors (Lipinski definition) is 3. The lowest BCUT2D eigenvalue weighted by Crippen LogP contribution is -2.58. The van der Waals surface area contributed by atoms with Crippen molar-refractivity contribution in [2.75, 3.05) is 0 Å². The summed E-state index contributed by atoms with van der Waals surface area (Å²) in [5.41, 5.74) is -1.77. The minimum Gasteiger partial charge on any atom is -0.480 e. The molecule has 0 aromatic rings. The van der Waals surface area contributed by atoms with Crippen LogP contribution in [0.3, 0.4) is 0 Å². The summed E-state index contributed by atoms with van der Waals surface area (Å²) >= 11 is 0. The summed E-state index contributed by atoms with van der Waals surface area (Å²) in [6.07, 6.45) is 5.06. The van der Waals surface area contributed by atoms with Gasteiger partial charge in [-0.1, -0.05) is 19.3 Å². The molecule has 1 N–H and O–H groups in total. The van der Waals surface area contributed by atoms with Crippen LogP contribution in [0.15, 0.2) is 0 Å². The zero-order valence-corrected chi connectivity index (χ0v) is 13.5. The van der Waals surface area contributed by atoms with Gasteiger partial charge in [0.05, 0.1) is 0 Å². The van der Waals surface area contributed by atoms with Crippen LogP contribution in [0.1, 0.15) is 66.2 Å². The molecule has 1 amide bonds. The predicted molar refractivity (Wildman–Crippen MR) is 79.1 cm³/mol. The summed E-state index contributed by atoms with van der Waals surface area (Å²) in [5, 5.41) is 9.75. The van der Waals surface area contributed by atoms with E-state index >= 15 is 0 Å². The Morgan fingerprint density at radius 3 is 2.05 bits per heavy atom. The maximum Gasteiger partial charge on any atom is 0.411 e. The first-order valence-corrected chi connectivity index (χ1v) is 7.89. The van der Waals surface area contributed by atoms with Crippen molar-refractivity contribution in [3.63, 3.8) is 0 Å². The first-order valence-electron chi connectivity index (χ1n) is 7.89. The maximum atomic E-state index is 12.5. The lowest BCUT2D eigenvalue weighted by Gasteiger charge is -2.42. The van der Waals surface area contributed by atoms with Gasteiger partial charge in [0.25, 0.3) is 0 Å². The van der Waals surface area contributed by atoms with Crippen molar-refractivity contribution < 1.29 is 19.4 Å². The summed E-state index contributed by atoms with van der Waals surface area (Å²) in [7, 11) is 0. The van der Waals surface area contributed by atoms with Crippen LogP contribution >= 0.6 is 0 Å². The monoisotopic (exact) mass is 297 g/mol. The SMILES string of the molecule is CC(C)(C)OC(=O)N(C1CC1)C(C)(CC1CCC1)C(=O)O. The van der Waals surface area contributed by atoms with Crippen molar-refractivity contribution in [1.82, 2.24) is 4.90 Å². The molecule has 0 radical (unpaired) electrons. The molecule has 0 aliphatic heterocycles. The number of rotatable bonds is 5. The van der Waals surface area contributed by atoms with Crippen molar-refractivity contribution in [2.24, 2.45) is 5.92 Å². The Morgan fingerprint density at radius 1 is 1.14 bits per heavy atom. The summed E-state index contributed by atoms with van der Waals surface area (Å²) in [4.78, 5) is 25.9. The number of carboxylic acids is 1. The van der Waals surface area contributed by atoms with Crippen LogP contribution in [-0.4, -0.2) is 39.3 Å². The van der Waals surface area contributed by atoms with E-state index in [9.17, 15) is 14.7 Å². The third kappa shape index (κ3) is 3.69. The Kier molecular flexibility index (Phi) is 4.22. The highest BCUT2D eigenvalue weighted by molar-refractivity contribution is 5.84. The minimum atomic E-state index is -1.16. The average molecular weight is 297 g/mol. The summed E-state index contributed by atoms with van der Waals surface area (Å²) in [6.45, 7) is 7.09. The van der Waals surface area contributed by atoms with E-state index in [0.717, 1.165) is 32.1 Å². The first-order chi connectivity index (χ1) is 9.63. The molecule has 2 rings (SSSR count). The molecular weight excluding hydrogens is 270 g/mol. The second kappa shape index (κ2) is 5.50. The van der Waals surface area contributed by atoms with Gasteiger partial charge in [0.1, 0.15) is 11.1 Å². The molecule has 5 heteroatoms. The lowest BCUT2D eigenvalue weighted by molar-refractivity contribution is -0.152. The molecule has 2 saturated carbocycles. The molecule has 120 valence electrons. The Labute approximate surface area is 126 Å². The second-order valence-corrected chi connectivity index (χ2v) is 7.66. The van der Waals surface area contributed by atoms with Crippen molar-refractivity contribution in [2.45, 2.75) is 83.4 Å². The number of carbonyl (C=O) groups excluding carboxylic acids is 1. The van der Waals surface area contributed by atoms with Gasteiger partial charge in [0, 0.05) is 6.04 Å². The van der Waals surface area contributed by atoms with Gasteiger partial charge in [0.2, 0.25) is 0 Å². The standard InChI is InChI=1S/C16H27NO4/c1-15(2,3)21-14(20)17(12-8-9-12)16(4,13(18)19)10-11-6-5-7-11/h11-12H,5-10H2,1-4H3,(H,18,19). The quantitative estimate of drug-likeness (QED) is 0.844. The topological polar surface area (TPSA) is 66.8 Å². The van der Waals surface area contributed by atoms with E-state index in [1.807, 2.05) is 0 Å². The van der Waals surface area contributed by atoms with Crippen LogP contribution in [-0.2, 0) is 9.53 Å². The van der Waals surface area contributed by atoms with Crippen LogP contribution in [0.5, 0.6) is 0 Å². The molecule has 0 aromatic carbocycles. The second-order valence-electron chi connectivity index (χ2n) is 7.66. The fourth-order valence-corrected chi connectivity index (χ4v) is 2.95. The third-order valence-corrected chi connectivity index (χ3v) is 4.41. The summed E-state index contributed by atoms with van der Waals surface area (Å²) in [6, 6.07) is 0.0148. The zero-order chi connectivity index (χ0) is 15.8. The summed E-state index contributed by atoms with van der Waals surface area (Å²) < 4.78 is 5.45. The Morgan fingerprint density at radius 2 is 1.71 bits per heavy atom.